The van der Waals surface area contributed by atoms with Gasteiger partial charge in [-0.2, -0.15) is 0 Å². The minimum Gasteiger partial charge on any atom is -0.456 e. The van der Waals surface area contributed by atoms with Crippen LogP contribution in [0, 0.1) is 0 Å². The van der Waals surface area contributed by atoms with E-state index in [4.69, 9.17) is 8.83 Å². The van der Waals surface area contributed by atoms with Crippen LogP contribution < -0.4 is 0 Å². The van der Waals surface area contributed by atoms with Gasteiger partial charge < -0.3 is 8.83 Å². The van der Waals surface area contributed by atoms with E-state index in [2.05, 4.69) is 206 Å². The Morgan fingerprint density at radius 2 is 0.683 bits per heavy atom. The smallest absolute Gasteiger partial charge is 0.136 e. The van der Waals surface area contributed by atoms with Gasteiger partial charge in [-0.25, -0.2) is 0 Å². The van der Waals surface area contributed by atoms with Crippen LogP contribution in [0.15, 0.2) is 215 Å². The summed E-state index contributed by atoms with van der Waals surface area (Å²) < 4.78 is 13.2. The van der Waals surface area contributed by atoms with Gasteiger partial charge in [-0.1, -0.05) is 146 Å². The lowest BCUT2D eigenvalue weighted by molar-refractivity contribution is 0.669. The third-order valence-electron chi connectivity index (χ3n) is 14.4. The van der Waals surface area contributed by atoms with E-state index in [1.807, 2.05) is 0 Å². The van der Waals surface area contributed by atoms with E-state index in [1.165, 1.54) is 88.0 Å². The maximum Gasteiger partial charge on any atom is 0.136 e. The predicted octanol–water partition coefficient (Wildman–Crippen LogP) is 16.6. The van der Waals surface area contributed by atoms with Crippen LogP contribution in [0.2, 0.25) is 0 Å². The summed E-state index contributed by atoms with van der Waals surface area (Å²) in [5.41, 5.74) is 18.2. The summed E-state index contributed by atoms with van der Waals surface area (Å²) in [7, 11) is 0. The molecule has 0 amide bonds. The highest BCUT2D eigenvalue weighted by molar-refractivity contribution is 6.13. The molecule has 2 aromatic heterocycles. The van der Waals surface area contributed by atoms with Gasteiger partial charge in [0.25, 0.3) is 0 Å². The lowest BCUT2D eigenvalue weighted by Gasteiger charge is -2.32. The van der Waals surface area contributed by atoms with E-state index in [1.54, 1.807) is 0 Å². The Bertz CT molecular complexity index is 4110. The zero-order chi connectivity index (χ0) is 41.0. The lowest BCUT2D eigenvalue weighted by Crippen LogP contribution is -2.26. The largest absolute Gasteiger partial charge is 0.456 e. The second-order valence-electron chi connectivity index (χ2n) is 17.5. The molecule has 0 saturated carbocycles. The topological polar surface area (TPSA) is 26.3 Å². The van der Waals surface area contributed by atoms with E-state index >= 15 is 0 Å². The molecular formula is C61H34O2. The quantitative estimate of drug-likeness (QED) is 0.174. The van der Waals surface area contributed by atoms with Crippen LogP contribution >= 0.6 is 0 Å². The summed E-state index contributed by atoms with van der Waals surface area (Å²) in [6, 6.07) is 76.3. The molecule has 0 atom stereocenters. The van der Waals surface area contributed by atoms with Crippen molar-refractivity contribution in [3.05, 3.63) is 229 Å². The minimum absolute atomic E-state index is 0.528. The first-order chi connectivity index (χ1) is 31.2. The molecule has 2 aliphatic rings. The summed E-state index contributed by atoms with van der Waals surface area (Å²) in [5.74, 6) is 0. The summed E-state index contributed by atoms with van der Waals surface area (Å²) in [6.07, 6.45) is 0. The van der Waals surface area contributed by atoms with E-state index in [9.17, 15) is 0 Å². The molecule has 0 saturated heterocycles. The first kappa shape index (κ1) is 33.5. The third-order valence-corrected chi connectivity index (χ3v) is 14.4. The number of benzene rings is 11. The van der Waals surface area contributed by atoms with Crippen LogP contribution in [0.1, 0.15) is 22.3 Å². The van der Waals surface area contributed by atoms with Gasteiger partial charge in [-0.3, -0.25) is 0 Å². The highest BCUT2D eigenvalue weighted by atomic mass is 16.3. The molecule has 290 valence electrons. The average Bonchev–Trinajstić information content (AvgIpc) is 4.06. The molecule has 63 heavy (non-hydrogen) atoms. The Balaban J connectivity index is 0.948. The zero-order valence-corrected chi connectivity index (χ0v) is 33.9. The Morgan fingerprint density at radius 1 is 0.254 bits per heavy atom. The van der Waals surface area contributed by atoms with Crippen LogP contribution in [-0.4, -0.2) is 0 Å². The van der Waals surface area contributed by atoms with Gasteiger partial charge in [0.05, 0.1) is 5.41 Å². The first-order valence-corrected chi connectivity index (χ1v) is 21.8. The molecule has 2 heteroatoms. The van der Waals surface area contributed by atoms with Crippen molar-refractivity contribution < 1.29 is 8.83 Å². The SMILES string of the molecule is c1ccc2c(c1)-c1ccccc1C21c2cc(-c3ccc4c(c3)oc3cc5ccccc5cc34)ccc2-c2ccc3ccc(-c4ccc5c(c4)oc4cc6ccccc6cc45)cc3c21. The highest BCUT2D eigenvalue weighted by Gasteiger charge is 2.52. The van der Waals surface area contributed by atoms with Crippen LogP contribution in [0.25, 0.3) is 121 Å². The van der Waals surface area contributed by atoms with Crippen molar-refractivity contribution in [2.24, 2.45) is 0 Å². The molecule has 1 spiro atoms. The van der Waals surface area contributed by atoms with E-state index in [-0.39, 0.29) is 0 Å². The average molecular weight is 799 g/mol. The number of fused-ring (bicyclic) bond motifs is 20. The standard InChI is InChI=1S/C61H34O2/c1-3-11-38-31-58-51(28-36(38)9-1)47-24-21-42(33-56(47)62-58)40-18-17-35-19-26-49-46-23-20-41(43-22-25-48-52-29-37-10-2-4-12-39(37)32-59(52)63-57(48)34-43)30-55(46)61(60(49)50(35)27-40)53-15-7-5-13-44(53)45-14-6-8-16-54(45)61/h1-34H. The zero-order valence-electron chi connectivity index (χ0n) is 33.9. The molecule has 2 aliphatic carbocycles. The van der Waals surface area contributed by atoms with Gasteiger partial charge in [0.1, 0.15) is 22.3 Å². The van der Waals surface area contributed by atoms with Crippen molar-refractivity contribution >= 4 is 76.2 Å². The molecular weight excluding hydrogens is 765 g/mol. The molecule has 0 fully saturated rings. The fourth-order valence-electron chi connectivity index (χ4n) is 11.6. The molecule has 15 rings (SSSR count). The first-order valence-electron chi connectivity index (χ1n) is 21.8. The summed E-state index contributed by atoms with van der Waals surface area (Å²) in [6.45, 7) is 0. The molecule has 0 radical (unpaired) electrons. The molecule has 2 heterocycles. The van der Waals surface area contributed by atoms with Crippen LogP contribution in [0.4, 0.5) is 0 Å². The Morgan fingerprint density at radius 3 is 1.29 bits per heavy atom. The van der Waals surface area contributed by atoms with Crippen LogP contribution in [0.5, 0.6) is 0 Å². The van der Waals surface area contributed by atoms with Crippen molar-refractivity contribution in [1.82, 2.24) is 0 Å². The van der Waals surface area contributed by atoms with Gasteiger partial charge in [0, 0.05) is 21.5 Å². The number of furan rings is 2. The molecule has 0 unspecified atom stereocenters. The van der Waals surface area contributed by atoms with Crippen molar-refractivity contribution in [2.75, 3.05) is 0 Å². The molecule has 0 aliphatic heterocycles. The maximum atomic E-state index is 6.60. The fraction of sp³-hybridized carbons (Fsp3) is 0.0164. The van der Waals surface area contributed by atoms with Gasteiger partial charge >= 0.3 is 0 Å². The molecule has 2 nitrogen and oxygen atoms in total. The predicted molar refractivity (Wildman–Crippen MR) is 261 cm³/mol. The molecule has 0 bridgehead atoms. The normalized spacial score (nSPS) is 13.5. The van der Waals surface area contributed by atoms with Gasteiger partial charge in [0.15, 0.2) is 0 Å². The molecule has 11 aromatic carbocycles. The summed E-state index contributed by atoms with van der Waals surface area (Å²) in [5, 5.41) is 11.9. The number of rotatable bonds is 2. The van der Waals surface area contributed by atoms with Crippen molar-refractivity contribution in [3.8, 4) is 44.5 Å². The second kappa shape index (κ2) is 12.0. The van der Waals surface area contributed by atoms with E-state index < -0.39 is 5.41 Å². The Hall–Kier alpha value is -8.20. The van der Waals surface area contributed by atoms with Crippen molar-refractivity contribution in [1.29, 1.82) is 0 Å². The fourth-order valence-corrected chi connectivity index (χ4v) is 11.6. The van der Waals surface area contributed by atoms with Gasteiger partial charge in [-0.15, -0.1) is 0 Å². The second-order valence-corrected chi connectivity index (χ2v) is 17.5. The summed E-state index contributed by atoms with van der Waals surface area (Å²) in [4.78, 5) is 0. The summed E-state index contributed by atoms with van der Waals surface area (Å²) >= 11 is 0. The number of hydrogen-bond donors (Lipinski definition) is 0. The Labute approximate surface area is 361 Å². The van der Waals surface area contributed by atoms with Gasteiger partial charge in [-0.05, 0) is 160 Å². The van der Waals surface area contributed by atoms with Crippen LogP contribution in [-0.2, 0) is 5.41 Å². The third kappa shape index (κ3) is 4.42. The van der Waals surface area contributed by atoms with Gasteiger partial charge in [0.2, 0.25) is 0 Å². The number of hydrogen-bond acceptors (Lipinski definition) is 2. The molecule has 0 N–H and O–H groups in total. The van der Waals surface area contributed by atoms with Crippen molar-refractivity contribution in [3.63, 3.8) is 0 Å². The van der Waals surface area contributed by atoms with E-state index in [0.717, 1.165) is 55.0 Å². The van der Waals surface area contributed by atoms with Crippen LogP contribution in [0.3, 0.4) is 0 Å². The maximum absolute atomic E-state index is 6.60. The Kier molecular flexibility index (Phi) is 6.38. The highest BCUT2D eigenvalue weighted by Crippen LogP contribution is 2.64. The lowest BCUT2D eigenvalue weighted by atomic mass is 9.69. The molecule has 13 aromatic rings. The minimum atomic E-state index is -0.528. The van der Waals surface area contributed by atoms with E-state index in [0.29, 0.717) is 0 Å². The van der Waals surface area contributed by atoms with Crippen molar-refractivity contribution in [2.45, 2.75) is 5.41 Å². The monoisotopic (exact) mass is 798 g/mol.